The normalized spacial score (nSPS) is 15.0. The summed E-state index contributed by atoms with van der Waals surface area (Å²) in [5.74, 6) is 0.187. The Morgan fingerprint density at radius 1 is 0.938 bits per heavy atom. The Hall–Kier alpha value is -3.41. The number of amides is 2. The second-order valence-electron chi connectivity index (χ2n) is 9.52. The van der Waals surface area contributed by atoms with Crippen LogP contribution in [0.1, 0.15) is 48.8 Å². The lowest BCUT2D eigenvalue weighted by Crippen LogP contribution is -2.51. The summed E-state index contributed by atoms with van der Waals surface area (Å²) in [5, 5.41) is 8.46. The number of nitrogens with one attached hydrogen (secondary N) is 1. The van der Waals surface area contributed by atoms with Crippen LogP contribution < -0.4 is 0 Å². The van der Waals surface area contributed by atoms with Gasteiger partial charge in [-0.05, 0) is 35.3 Å². The molecule has 1 aromatic heterocycles. The first-order valence-electron chi connectivity index (χ1n) is 11.1. The zero-order valence-electron chi connectivity index (χ0n) is 19.0. The van der Waals surface area contributed by atoms with E-state index in [2.05, 4.69) is 31.0 Å². The largest absolute Gasteiger partial charge is 0.339 e. The van der Waals surface area contributed by atoms with Crippen molar-refractivity contribution in [3.63, 3.8) is 0 Å². The minimum absolute atomic E-state index is 0.0155. The highest BCUT2D eigenvalue weighted by Crippen LogP contribution is 2.21. The number of para-hydroxylation sites is 1. The molecule has 2 aromatic carbocycles. The van der Waals surface area contributed by atoms with Gasteiger partial charge in [-0.15, -0.1) is 0 Å². The molecular weight excluding hydrogens is 400 g/mol. The molecule has 1 aliphatic rings. The maximum absolute atomic E-state index is 12.9. The maximum Gasteiger partial charge on any atom is 0.253 e. The topological polar surface area (TPSA) is 69.3 Å². The molecule has 32 heavy (non-hydrogen) atoms. The third kappa shape index (κ3) is 5.07. The van der Waals surface area contributed by atoms with Crippen LogP contribution in [0.15, 0.2) is 48.5 Å². The molecule has 1 fully saturated rings. The first-order valence-corrected chi connectivity index (χ1v) is 11.1. The van der Waals surface area contributed by atoms with Crippen LogP contribution in [0.3, 0.4) is 0 Å². The van der Waals surface area contributed by atoms with Crippen LogP contribution in [-0.4, -0.2) is 58.0 Å². The van der Waals surface area contributed by atoms with Crippen LogP contribution in [-0.2, 0) is 4.79 Å². The Bertz CT molecular complexity index is 1130. The minimum Gasteiger partial charge on any atom is -0.339 e. The summed E-state index contributed by atoms with van der Waals surface area (Å²) in [6.07, 6.45) is 4.50. The molecule has 0 aliphatic carbocycles. The fourth-order valence-electron chi connectivity index (χ4n) is 3.93. The Kier molecular flexibility index (Phi) is 6.12. The molecule has 0 bridgehead atoms. The van der Waals surface area contributed by atoms with Gasteiger partial charge in [0.15, 0.2) is 0 Å². The molecular formula is C26H30N4O2. The SMILES string of the molecule is CC(C)(C)CC(=O)N1CCN(C(=O)c2ccc(C=Cc3n[nH]c4ccccc34)cc2)CC1. The number of aromatic nitrogens is 2. The number of hydrogen-bond donors (Lipinski definition) is 1. The number of piperazine rings is 1. The average Bonchev–Trinajstić information content (AvgIpc) is 3.20. The van der Waals surface area contributed by atoms with Gasteiger partial charge in [-0.2, -0.15) is 5.10 Å². The van der Waals surface area contributed by atoms with E-state index in [-0.39, 0.29) is 17.2 Å². The van der Waals surface area contributed by atoms with E-state index in [1.165, 1.54) is 0 Å². The Morgan fingerprint density at radius 3 is 2.28 bits per heavy atom. The van der Waals surface area contributed by atoms with Crippen molar-refractivity contribution in [1.82, 2.24) is 20.0 Å². The van der Waals surface area contributed by atoms with E-state index in [0.29, 0.717) is 38.2 Å². The van der Waals surface area contributed by atoms with Crippen molar-refractivity contribution in [3.8, 4) is 0 Å². The molecule has 1 aliphatic heterocycles. The summed E-state index contributed by atoms with van der Waals surface area (Å²) < 4.78 is 0. The molecule has 1 saturated heterocycles. The van der Waals surface area contributed by atoms with Crippen molar-refractivity contribution < 1.29 is 9.59 Å². The van der Waals surface area contributed by atoms with Gasteiger partial charge in [0, 0.05) is 43.5 Å². The van der Waals surface area contributed by atoms with Gasteiger partial charge in [0.1, 0.15) is 0 Å². The standard InChI is InChI=1S/C26H30N4O2/c1-26(2,3)18-24(31)29-14-16-30(17-15-29)25(32)20-11-8-19(9-12-20)10-13-23-21-6-4-5-7-22(21)27-28-23/h4-13H,14-18H2,1-3H3,(H,27,28). The van der Waals surface area contributed by atoms with Gasteiger partial charge in [-0.1, -0.05) is 57.2 Å². The van der Waals surface area contributed by atoms with E-state index in [0.717, 1.165) is 22.2 Å². The molecule has 1 N–H and O–H groups in total. The van der Waals surface area contributed by atoms with Crippen LogP contribution in [0.25, 0.3) is 23.1 Å². The molecule has 2 amide bonds. The molecule has 2 heterocycles. The number of rotatable bonds is 4. The zero-order chi connectivity index (χ0) is 22.7. The third-order valence-electron chi connectivity index (χ3n) is 5.69. The summed E-state index contributed by atoms with van der Waals surface area (Å²) in [6, 6.07) is 15.6. The number of aromatic amines is 1. The third-order valence-corrected chi connectivity index (χ3v) is 5.69. The molecule has 0 atom stereocenters. The molecule has 0 unspecified atom stereocenters. The molecule has 0 spiro atoms. The molecule has 0 radical (unpaired) electrons. The number of fused-ring (bicyclic) bond motifs is 1. The van der Waals surface area contributed by atoms with Crippen molar-refractivity contribution in [3.05, 3.63) is 65.4 Å². The summed E-state index contributed by atoms with van der Waals surface area (Å²) in [5.41, 5.74) is 3.55. The second kappa shape index (κ2) is 8.99. The first-order chi connectivity index (χ1) is 15.3. The molecule has 166 valence electrons. The van der Waals surface area contributed by atoms with E-state index >= 15 is 0 Å². The van der Waals surface area contributed by atoms with E-state index in [9.17, 15) is 9.59 Å². The highest BCUT2D eigenvalue weighted by atomic mass is 16.2. The minimum atomic E-state index is -0.0233. The summed E-state index contributed by atoms with van der Waals surface area (Å²) in [4.78, 5) is 29.0. The number of nitrogens with zero attached hydrogens (tertiary/aromatic N) is 3. The zero-order valence-corrected chi connectivity index (χ0v) is 19.0. The van der Waals surface area contributed by atoms with Crippen LogP contribution in [0.2, 0.25) is 0 Å². The van der Waals surface area contributed by atoms with Crippen molar-refractivity contribution in [1.29, 1.82) is 0 Å². The van der Waals surface area contributed by atoms with Gasteiger partial charge >= 0.3 is 0 Å². The fourth-order valence-corrected chi connectivity index (χ4v) is 3.93. The smallest absolute Gasteiger partial charge is 0.253 e. The molecule has 3 aromatic rings. The van der Waals surface area contributed by atoms with Gasteiger partial charge < -0.3 is 9.80 Å². The van der Waals surface area contributed by atoms with Crippen molar-refractivity contribution in [2.75, 3.05) is 26.2 Å². The highest BCUT2D eigenvalue weighted by Gasteiger charge is 2.27. The molecule has 6 heteroatoms. The van der Waals surface area contributed by atoms with Gasteiger partial charge in [0.2, 0.25) is 5.91 Å². The lowest BCUT2D eigenvalue weighted by molar-refractivity contribution is -0.134. The number of carbonyl (C=O) groups is 2. The van der Waals surface area contributed by atoms with E-state index < -0.39 is 0 Å². The number of hydrogen-bond acceptors (Lipinski definition) is 3. The maximum atomic E-state index is 12.9. The number of H-pyrrole nitrogens is 1. The Balaban J connectivity index is 1.35. The number of benzene rings is 2. The van der Waals surface area contributed by atoms with E-state index in [1.54, 1.807) is 0 Å². The van der Waals surface area contributed by atoms with Gasteiger partial charge in [-0.3, -0.25) is 14.7 Å². The summed E-state index contributed by atoms with van der Waals surface area (Å²) in [7, 11) is 0. The van der Waals surface area contributed by atoms with Gasteiger partial charge in [0.25, 0.3) is 5.91 Å². The van der Waals surface area contributed by atoms with Crippen molar-refractivity contribution in [2.24, 2.45) is 5.41 Å². The predicted octanol–water partition coefficient (Wildman–Crippen LogP) is 4.45. The lowest BCUT2D eigenvalue weighted by Gasteiger charge is -2.36. The lowest BCUT2D eigenvalue weighted by atomic mass is 9.91. The fraction of sp³-hybridized carbons (Fsp3) is 0.346. The van der Waals surface area contributed by atoms with E-state index in [4.69, 9.17) is 0 Å². The highest BCUT2D eigenvalue weighted by molar-refractivity contribution is 5.95. The van der Waals surface area contributed by atoms with Crippen LogP contribution in [0.5, 0.6) is 0 Å². The van der Waals surface area contributed by atoms with Crippen LogP contribution in [0, 0.1) is 5.41 Å². The van der Waals surface area contributed by atoms with Crippen molar-refractivity contribution >= 4 is 34.9 Å². The summed E-state index contributed by atoms with van der Waals surface area (Å²) in [6.45, 7) is 8.55. The van der Waals surface area contributed by atoms with Crippen molar-refractivity contribution in [2.45, 2.75) is 27.2 Å². The second-order valence-corrected chi connectivity index (χ2v) is 9.52. The van der Waals surface area contributed by atoms with Gasteiger partial charge in [0.05, 0.1) is 11.2 Å². The predicted molar refractivity (Wildman–Crippen MR) is 128 cm³/mol. The monoisotopic (exact) mass is 430 g/mol. The van der Waals surface area contributed by atoms with Crippen LogP contribution in [0.4, 0.5) is 0 Å². The quantitative estimate of drug-likeness (QED) is 0.665. The number of carbonyl (C=O) groups excluding carboxylic acids is 2. The van der Waals surface area contributed by atoms with Gasteiger partial charge in [-0.25, -0.2) is 0 Å². The molecule has 4 rings (SSSR count). The molecule has 0 saturated carbocycles. The first kappa shape index (κ1) is 21.8. The van der Waals surface area contributed by atoms with Crippen LogP contribution >= 0.6 is 0 Å². The Labute approximate surface area is 188 Å². The summed E-state index contributed by atoms with van der Waals surface area (Å²) >= 11 is 0. The van der Waals surface area contributed by atoms with E-state index in [1.807, 2.05) is 70.5 Å². The molecule has 6 nitrogen and oxygen atoms in total. The average molecular weight is 431 g/mol. The Morgan fingerprint density at radius 2 is 1.59 bits per heavy atom.